The number of rotatable bonds is 4. The van der Waals surface area contributed by atoms with Crippen molar-refractivity contribution in [1.29, 1.82) is 0 Å². The monoisotopic (exact) mass is 369 g/mol. The average Bonchev–Trinajstić information content (AvgIpc) is 2.45. The molecule has 0 saturated heterocycles. The second kappa shape index (κ2) is 6.24. The summed E-state index contributed by atoms with van der Waals surface area (Å²) in [4.78, 5) is -0.983. The van der Waals surface area contributed by atoms with Crippen LogP contribution >= 0.6 is 0 Å². The van der Waals surface area contributed by atoms with Crippen LogP contribution < -0.4 is 11.5 Å². The minimum Gasteiger partial charge on any atom is -0.744 e. The molecule has 0 saturated carbocycles. The van der Waals surface area contributed by atoms with Crippen molar-refractivity contribution in [1.82, 2.24) is 0 Å². The summed E-state index contributed by atoms with van der Waals surface area (Å²) < 4.78 is 65.9. The molecule has 128 valence electrons. The van der Waals surface area contributed by atoms with Crippen molar-refractivity contribution in [2.45, 2.75) is 9.79 Å². The minimum absolute atomic E-state index is 0.0253. The van der Waals surface area contributed by atoms with Crippen LogP contribution in [0.1, 0.15) is 11.1 Å². The van der Waals surface area contributed by atoms with E-state index in [2.05, 4.69) is 0 Å². The highest BCUT2D eigenvalue weighted by molar-refractivity contribution is 7.86. The maximum atomic E-state index is 11.4. The quantitative estimate of drug-likeness (QED) is 0.410. The van der Waals surface area contributed by atoms with Crippen molar-refractivity contribution in [3.05, 3.63) is 47.5 Å². The Hall–Kier alpha value is -2.40. The highest BCUT2D eigenvalue weighted by Crippen LogP contribution is 2.24. The molecule has 2 aromatic rings. The smallest absolute Gasteiger partial charge is 0.295 e. The summed E-state index contributed by atoms with van der Waals surface area (Å²) in [6, 6.07) is 7.50. The van der Waals surface area contributed by atoms with Crippen molar-refractivity contribution in [2.24, 2.45) is 0 Å². The Morgan fingerprint density at radius 1 is 0.833 bits per heavy atom. The van der Waals surface area contributed by atoms with Gasteiger partial charge in [0.1, 0.15) is 15.0 Å². The molecule has 5 N–H and O–H groups in total. The Bertz CT molecular complexity index is 944. The zero-order valence-electron chi connectivity index (χ0n) is 12.1. The molecule has 0 spiro atoms. The van der Waals surface area contributed by atoms with E-state index in [9.17, 15) is 25.9 Å². The predicted octanol–water partition coefficient (Wildman–Crippen LogP) is 1.17. The van der Waals surface area contributed by atoms with Gasteiger partial charge in [0.05, 0.1) is 4.90 Å². The van der Waals surface area contributed by atoms with Crippen LogP contribution in [0.25, 0.3) is 12.2 Å². The predicted molar refractivity (Wildman–Crippen MR) is 88.4 cm³/mol. The van der Waals surface area contributed by atoms with Crippen LogP contribution in [-0.4, -0.2) is 25.9 Å². The van der Waals surface area contributed by atoms with Crippen LogP contribution in [0.15, 0.2) is 46.2 Å². The molecule has 0 aromatic heterocycles. The van der Waals surface area contributed by atoms with Gasteiger partial charge >= 0.3 is 0 Å². The molecule has 0 aliphatic heterocycles. The molecule has 8 nitrogen and oxygen atoms in total. The van der Waals surface area contributed by atoms with Gasteiger partial charge in [0.15, 0.2) is 0 Å². The van der Waals surface area contributed by atoms with Gasteiger partial charge < -0.3 is 16.0 Å². The first-order chi connectivity index (χ1) is 11.0. The molecule has 10 heteroatoms. The SMILES string of the molecule is Nc1ccc(/C=C/c2ccc(N)cc2S(=O)(=O)O)c(S(=O)(=O)[O-])c1. The molecular formula is C14H13N2O6S2-. The van der Waals surface area contributed by atoms with E-state index in [-0.39, 0.29) is 22.5 Å². The lowest BCUT2D eigenvalue weighted by Crippen LogP contribution is -2.03. The number of hydrogen-bond donors (Lipinski definition) is 3. The van der Waals surface area contributed by atoms with Gasteiger partial charge in [-0.3, -0.25) is 4.55 Å². The normalized spacial score (nSPS) is 12.6. The van der Waals surface area contributed by atoms with Gasteiger partial charge in [-0.15, -0.1) is 0 Å². The van der Waals surface area contributed by atoms with Crippen LogP contribution in [0, 0.1) is 0 Å². The largest absolute Gasteiger partial charge is 0.744 e. The fraction of sp³-hybridized carbons (Fsp3) is 0. The molecule has 2 aromatic carbocycles. The Labute approximate surface area is 138 Å². The van der Waals surface area contributed by atoms with Gasteiger partial charge in [-0.2, -0.15) is 8.42 Å². The highest BCUT2D eigenvalue weighted by atomic mass is 32.2. The van der Waals surface area contributed by atoms with Crippen molar-refractivity contribution in [3.8, 4) is 0 Å². The molecule has 0 aliphatic carbocycles. The van der Waals surface area contributed by atoms with E-state index in [1.165, 1.54) is 36.4 Å². The van der Waals surface area contributed by atoms with E-state index in [1.54, 1.807) is 0 Å². The van der Waals surface area contributed by atoms with Gasteiger partial charge in [-0.05, 0) is 35.4 Å². The Morgan fingerprint density at radius 2 is 1.25 bits per heavy atom. The number of hydrogen-bond acceptors (Lipinski definition) is 7. The van der Waals surface area contributed by atoms with Crippen LogP contribution in [0.2, 0.25) is 0 Å². The third-order valence-corrected chi connectivity index (χ3v) is 4.87. The van der Waals surface area contributed by atoms with Crippen molar-refractivity contribution < 1.29 is 25.9 Å². The molecule has 24 heavy (non-hydrogen) atoms. The standard InChI is InChI=1S/C14H14N2O6S2/c15-11-5-3-9(13(7-11)23(17,18)19)1-2-10-4-6-12(16)8-14(10)24(20,21)22/h1-8H,15-16H2,(H,17,18,19)(H,20,21,22)/p-1/b2-1+. The van der Waals surface area contributed by atoms with Crippen LogP contribution in [-0.2, 0) is 20.2 Å². The summed E-state index contributed by atoms with van der Waals surface area (Å²) in [6.45, 7) is 0. The van der Waals surface area contributed by atoms with Gasteiger partial charge in [-0.25, -0.2) is 8.42 Å². The lowest BCUT2D eigenvalue weighted by Gasteiger charge is -2.11. The third kappa shape index (κ3) is 4.11. The van der Waals surface area contributed by atoms with Gasteiger partial charge in [0.25, 0.3) is 10.1 Å². The third-order valence-electron chi connectivity index (χ3n) is 3.06. The van der Waals surface area contributed by atoms with E-state index < -0.39 is 30.0 Å². The fourth-order valence-electron chi connectivity index (χ4n) is 2.00. The van der Waals surface area contributed by atoms with Crippen molar-refractivity contribution in [3.63, 3.8) is 0 Å². The van der Waals surface area contributed by atoms with E-state index in [1.807, 2.05) is 0 Å². The van der Waals surface area contributed by atoms with Crippen LogP contribution in [0.5, 0.6) is 0 Å². The van der Waals surface area contributed by atoms with E-state index in [4.69, 9.17) is 11.5 Å². The van der Waals surface area contributed by atoms with Gasteiger partial charge in [0.2, 0.25) is 0 Å². The van der Waals surface area contributed by atoms with E-state index in [0.717, 1.165) is 12.1 Å². The topological polar surface area (TPSA) is 164 Å². The molecule has 0 amide bonds. The molecule has 0 atom stereocenters. The van der Waals surface area contributed by atoms with Crippen LogP contribution in [0.4, 0.5) is 11.4 Å². The van der Waals surface area contributed by atoms with E-state index >= 15 is 0 Å². The first-order valence-electron chi connectivity index (χ1n) is 6.39. The van der Waals surface area contributed by atoms with Gasteiger partial charge in [-0.1, -0.05) is 24.3 Å². The number of nitrogens with two attached hydrogens (primary N) is 2. The fourth-order valence-corrected chi connectivity index (χ4v) is 3.42. The van der Waals surface area contributed by atoms with Crippen LogP contribution in [0.3, 0.4) is 0 Å². The summed E-state index contributed by atoms with van der Waals surface area (Å²) in [5, 5.41) is 0. The first kappa shape index (κ1) is 17.9. The zero-order chi connectivity index (χ0) is 18.1. The Kier molecular flexibility index (Phi) is 4.67. The van der Waals surface area contributed by atoms with Crippen molar-refractivity contribution >= 4 is 43.8 Å². The maximum absolute atomic E-state index is 11.4. The second-order valence-electron chi connectivity index (χ2n) is 4.86. The highest BCUT2D eigenvalue weighted by Gasteiger charge is 2.14. The molecular weight excluding hydrogens is 356 g/mol. The molecule has 0 radical (unpaired) electrons. The summed E-state index contributed by atoms with van der Waals surface area (Å²) in [5.41, 5.74) is 11.3. The lowest BCUT2D eigenvalue weighted by atomic mass is 10.1. The summed E-state index contributed by atoms with van der Waals surface area (Å²) >= 11 is 0. The number of nitrogen functional groups attached to an aromatic ring is 2. The second-order valence-corrected chi connectivity index (χ2v) is 7.60. The maximum Gasteiger partial charge on any atom is 0.295 e. The molecule has 0 aliphatic rings. The molecule has 0 heterocycles. The molecule has 0 bridgehead atoms. The molecule has 0 fully saturated rings. The average molecular weight is 369 g/mol. The minimum atomic E-state index is -4.77. The van der Waals surface area contributed by atoms with Crippen molar-refractivity contribution in [2.75, 3.05) is 11.5 Å². The Morgan fingerprint density at radius 3 is 1.67 bits per heavy atom. The zero-order valence-corrected chi connectivity index (χ0v) is 13.7. The summed E-state index contributed by atoms with van der Waals surface area (Å²) in [5.74, 6) is 0. The number of anilines is 2. The number of benzene rings is 2. The molecule has 0 unspecified atom stereocenters. The first-order valence-corrected chi connectivity index (χ1v) is 9.24. The summed E-state index contributed by atoms with van der Waals surface area (Å²) in [7, 11) is -9.31. The lowest BCUT2D eigenvalue weighted by molar-refractivity contribution is 0.462. The Balaban J connectivity index is 2.59. The van der Waals surface area contributed by atoms with E-state index in [0.29, 0.717) is 0 Å². The van der Waals surface area contributed by atoms with Gasteiger partial charge in [0, 0.05) is 11.4 Å². The molecule has 2 rings (SSSR count). The summed E-state index contributed by atoms with van der Waals surface area (Å²) in [6.07, 6.45) is 2.47.